The number of fused-ring (bicyclic) bond motifs is 3. The first-order chi connectivity index (χ1) is 17.8. The van der Waals surface area contributed by atoms with Gasteiger partial charge < -0.3 is 16.4 Å². The molecule has 2 fully saturated rings. The van der Waals surface area contributed by atoms with E-state index in [-0.39, 0.29) is 35.4 Å². The van der Waals surface area contributed by atoms with Gasteiger partial charge in [0.05, 0.1) is 23.1 Å². The first-order valence-electron chi connectivity index (χ1n) is 12.3. The Hall–Kier alpha value is -4.34. The van der Waals surface area contributed by atoms with E-state index in [1.165, 1.54) is 23.6 Å². The van der Waals surface area contributed by atoms with Crippen LogP contribution in [0, 0.1) is 5.82 Å². The number of hydrogen-bond donors (Lipinski definition) is 2. The number of primary amides is 1. The van der Waals surface area contributed by atoms with Crippen molar-refractivity contribution in [2.75, 3.05) is 5.73 Å². The van der Waals surface area contributed by atoms with Crippen LogP contribution in [0.3, 0.4) is 0 Å². The predicted molar refractivity (Wildman–Crippen MR) is 136 cm³/mol. The second kappa shape index (κ2) is 8.65. The molecule has 0 spiro atoms. The fraction of sp³-hybridized carbons (Fsp3) is 0.296. The highest BCUT2D eigenvalue weighted by Gasteiger charge is 2.44. The number of piperidine rings is 1. The molecule has 3 atom stereocenters. The van der Waals surface area contributed by atoms with E-state index in [1.54, 1.807) is 29.4 Å². The molecule has 1 aromatic carbocycles. The summed E-state index contributed by atoms with van der Waals surface area (Å²) >= 11 is 0. The maximum atomic E-state index is 13.3. The Morgan fingerprint density at radius 2 is 1.68 bits per heavy atom. The number of carbonyl (C=O) groups excluding carboxylic acids is 2. The van der Waals surface area contributed by atoms with Crippen LogP contribution < -0.4 is 11.5 Å². The van der Waals surface area contributed by atoms with E-state index in [0.717, 1.165) is 29.5 Å². The van der Waals surface area contributed by atoms with Crippen molar-refractivity contribution in [3.05, 3.63) is 65.9 Å². The summed E-state index contributed by atoms with van der Waals surface area (Å²) in [6.07, 6.45) is 6.53. The molecule has 10 heteroatoms. The van der Waals surface area contributed by atoms with Crippen molar-refractivity contribution in [3.8, 4) is 22.4 Å². The molecular weight excluding hydrogens is 473 g/mol. The number of hydrogen-bond acceptors (Lipinski definition) is 6. The molecule has 37 heavy (non-hydrogen) atoms. The smallest absolute Gasteiger partial charge is 0.315 e. The van der Waals surface area contributed by atoms with Crippen LogP contribution in [0.5, 0.6) is 0 Å². The number of carbonyl (C=O) groups is 2. The Balaban J connectivity index is 1.41. The number of rotatable bonds is 4. The van der Waals surface area contributed by atoms with E-state index in [4.69, 9.17) is 16.5 Å². The zero-order valence-corrected chi connectivity index (χ0v) is 20.3. The molecule has 6 rings (SSSR count). The summed E-state index contributed by atoms with van der Waals surface area (Å²) < 4.78 is 14.8. The number of Topliss-reactive ketones (excluding diaryl/α,β-unsaturated/α-hetero) is 1. The molecule has 0 unspecified atom stereocenters. The average Bonchev–Trinajstić information content (AvgIpc) is 3.43. The Kier molecular flexibility index (Phi) is 5.40. The molecule has 0 saturated carbocycles. The maximum Gasteiger partial charge on any atom is 0.315 e. The molecule has 2 saturated heterocycles. The highest BCUT2D eigenvalue weighted by Crippen LogP contribution is 2.44. The van der Waals surface area contributed by atoms with Crippen molar-refractivity contribution >= 4 is 23.3 Å². The number of aromatic nitrogens is 4. The van der Waals surface area contributed by atoms with Crippen LogP contribution >= 0.6 is 0 Å². The van der Waals surface area contributed by atoms with E-state index in [9.17, 15) is 14.0 Å². The second-order valence-electron chi connectivity index (χ2n) is 9.84. The van der Waals surface area contributed by atoms with Gasteiger partial charge in [0.1, 0.15) is 11.6 Å². The van der Waals surface area contributed by atoms with Gasteiger partial charge in [0, 0.05) is 40.9 Å². The third-order valence-electron chi connectivity index (χ3n) is 7.65. The monoisotopic (exact) mass is 499 g/mol. The van der Waals surface area contributed by atoms with Crippen molar-refractivity contribution in [3.63, 3.8) is 0 Å². The summed E-state index contributed by atoms with van der Waals surface area (Å²) in [5.74, 6) is -0.251. The normalized spacial score (nSPS) is 20.9. The van der Waals surface area contributed by atoms with E-state index in [2.05, 4.69) is 10.1 Å². The highest BCUT2D eigenvalue weighted by atomic mass is 19.1. The van der Waals surface area contributed by atoms with Gasteiger partial charge in [-0.3, -0.25) is 9.78 Å². The quantitative estimate of drug-likeness (QED) is 0.405. The lowest BCUT2D eigenvalue weighted by Gasteiger charge is -2.38. The minimum atomic E-state index is -0.393. The van der Waals surface area contributed by atoms with Gasteiger partial charge in [-0.05, 0) is 62.9 Å². The minimum Gasteiger partial charge on any atom is -0.383 e. The lowest BCUT2D eigenvalue weighted by Crippen LogP contribution is -2.48. The zero-order valence-electron chi connectivity index (χ0n) is 20.3. The number of nitrogen functional groups attached to an aromatic ring is 1. The molecule has 0 aliphatic carbocycles. The molecule has 4 N–H and O–H groups in total. The van der Waals surface area contributed by atoms with Gasteiger partial charge in [0.2, 0.25) is 0 Å². The summed E-state index contributed by atoms with van der Waals surface area (Å²) in [7, 11) is 0. The number of ketones is 1. The number of benzene rings is 1. The van der Waals surface area contributed by atoms with Crippen molar-refractivity contribution in [2.24, 2.45) is 5.73 Å². The second-order valence-corrected chi connectivity index (χ2v) is 9.84. The molecule has 9 nitrogen and oxygen atoms in total. The fourth-order valence-electron chi connectivity index (χ4n) is 6.00. The maximum absolute atomic E-state index is 13.3. The van der Waals surface area contributed by atoms with Gasteiger partial charge in [-0.25, -0.2) is 14.2 Å². The molecule has 3 aromatic heterocycles. The predicted octanol–water partition coefficient (Wildman–Crippen LogP) is 4.17. The standard InChI is InChI=1S/C27H26FN7O2/c1-14(36)23-24(17-10-19-7-8-20(11-17)34(19)27(30)37)33-26-21(13-32-35(26)25(23)29)16-4-9-22(31-12-16)15-2-5-18(28)6-3-15/h2-6,9,12-13,17,19-20H,7-8,10-11,29H2,1H3,(H2,30,37)/t17-,19+,20-. The van der Waals surface area contributed by atoms with Crippen LogP contribution in [-0.4, -0.2) is 48.4 Å². The number of anilines is 1. The van der Waals surface area contributed by atoms with Crippen LogP contribution in [0.25, 0.3) is 28.0 Å². The molecule has 188 valence electrons. The number of amides is 2. The topological polar surface area (TPSA) is 132 Å². The van der Waals surface area contributed by atoms with Gasteiger partial charge in [-0.1, -0.05) is 6.07 Å². The molecule has 5 heterocycles. The van der Waals surface area contributed by atoms with Crippen LogP contribution in [0.2, 0.25) is 0 Å². The first-order valence-corrected chi connectivity index (χ1v) is 12.3. The third-order valence-corrected chi connectivity index (χ3v) is 7.65. The molecule has 4 aromatic rings. The largest absolute Gasteiger partial charge is 0.383 e. The molecule has 2 bridgehead atoms. The summed E-state index contributed by atoms with van der Waals surface area (Å²) in [6, 6.07) is 9.61. The van der Waals surface area contributed by atoms with E-state index >= 15 is 0 Å². The number of halogens is 1. The van der Waals surface area contributed by atoms with Gasteiger partial charge in [0.25, 0.3) is 0 Å². The average molecular weight is 500 g/mol. The summed E-state index contributed by atoms with van der Waals surface area (Å²) in [4.78, 5) is 36.0. The number of urea groups is 1. The van der Waals surface area contributed by atoms with Gasteiger partial charge in [-0.2, -0.15) is 9.61 Å². The zero-order chi connectivity index (χ0) is 25.8. The van der Waals surface area contributed by atoms with Crippen LogP contribution in [0.1, 0.15) is 54.6 Å². The number of nitrogens with zero attached hydrogens (tertiary/aromatic N) is 5. The molecule has 2 aliphatic rings. The fourth-order valence-corrected chi connectivity index (χ4v) is 6.00. The van der Waals surface area contributed by atoms with E-state index < -0.39 is 6.03 Å². The van der Waals surface area contributed by atoms with Crippen molar-refractivity contribution in [1.82, 2.24) is 24.5 Å². The number of pyridine rings is 1. The Labute approximate surface area is 212 Å². The molecule has 2 amide bonds. The summed E-state index contributed by atoms with van der Waals surface area (Å²) in [5.41, 5.74) is 16.7. The van der Waals surface area contributed by atoms with E-state index in [1.807, 2.05) is 12.1 Å². The lowest BCUT2D eigenvalue weighted by atomic mass is 9.85. The minimum absolute atomic E-state index is 0.0268. The Bertz CT molecular complexity index is 1520. The Morgan fingerprint density at radius 1 is 1.00 bits per heavy atom. The Morgan fingerprint density at radius 3 is 2.27 bits per heavy atom. The van der Waals surface area contributed by atoms with Crippen molar-refractivity contribution in [1.29, 1.82) is 0 Å². The van der Waals surface area contributed by atoms with Crippen LogP contribution in [0.15, 0.2) is 48.8 Å². The first kappa shape index (κ1) is 23.1. The number of nitrogens with two attached hydrogens (primary N) is 2. The molecular formula is C27H26FN7O2. The third kappa shape index (κ3) is 3.80. The van der Waals surface area contributed by atoms with Crippen LogP contribution in [-0.2, 0) is 0 Å². The SMILES string of the molecule is CC(=O)c1c([C@H]2C[C@H]3CC[C@@H](C2)N3C(N)=O)nc2c(-c3ccc(-c4ccc(F)cc4)nc3)cnn2c1N. The van der Waals surface area contributed by atoms with Gasteiger partial charge >= 0.3 is 6.03 Å². The summed E-state index contributed by atoms with van der Waals surface area (Å²) in [6.45, 7) is 1.48. The van der Waals surface area contributed by atoms with Crippen molar-refractivity contribution < 1.29 is 14.0 Å². The van der Waals surface area contributed by atoms with Crippen LogP contribution in [0.4, 0.5) is 15.0 Å². The van der Waals surface area contributed by atoms with Gasteiger partial charge in [0.15, 0.2) is 11.4 Å². The molecule has 2 aliphatic heterocycles. The molecule has 0 radical (unpaired) electrons. The van der Waals surface area contributed by atoms with Crippen molar-refractivity contribution in [2.45, 2.75) is 50.6 Å². The summed E-state index contributed by atoms with van der Waals surface area (Å²) in [5, 5.41) is 4.43. The lowest BCUT2D eigenvalue weighted by molar-refractivity contribution is 0.101. The highest BCUT2D eigenvalue weighted by molar-refractivity contribution is 6.00. The van der Waals surface area contributed by atoms with Gasteiger partial charge in [-0.15, -0.1) is 0 Å². The van der Waals surface area contributed by atoms with E-state index in [0.29, 0.717) is 35.4 Å².